The average molecular weight is 796 g/mol. The molecule has 6 rings (SSSR count). The van der Waals surface area contributed by atoms with Gasteiger partial charge in [0.05, 0.1) is 48.8 Å². The van der Waals surface area contributed by atoms with Crippen molar-refractivity contribution < 1.29 is 56.0 Å². The average Bonchev–Trinajstić information content (AvgIpc) is 3.97. The molecule has 1 amide bonds. The Bertz CT molecular complexity index is 2190. The van der Waals surface area contributed by atoms with Crippen molar-refractivity contribution in [2.45, 2.75) is 89.7 Å². The first-order valence-corrected chi connectivity index (χ1v) is 18.1. The maximum absolute atomic E-state index is 14.2. The molecular weight excluding hydrogens is 755 g/mol. The molecule has 0 unspecified atom stereocenters. The van der Waals surface area contributed by atoms with Crippen molar-refractivity contribution in [1.29, 1.82) is 5.26 Å². The number of hydrogen-bond acceptors (Lipinski definition) is 13. The zero-order valence-corrected chi connectivity index (χ0v) is 31.6. The highest BCUT2D eigenvalue weighted by Gasteiger charge is 2.52. The van der Waals surface area contributed by atoms with Crippen LogP contribution in [-0.2, 0) is 39.5 Å². The van der Waals surface area contributed by atoms with Crippen molar-refractivity contribution in [3.8, 4) is 23.1 Å². The first-order chi connectivity index (χ1) is 27.1. The van der Waals surface area contributed by atoms with E-state index in [9.17, 15) is 37.6 Å². The lowest BCUT2D eigenvalue weighted by atomic mass is 9.90. The van der Waals surface area contributed by atoms with E-state index in [2.05, 4.69) is 21.1 Å². The number of hydrogen-bond donors (Lipinski definition) is 0. The Balaban J connectivity index is 1.36. The van der Waals surface area contributed by atoms with Crippen molar-refractivity contribution in [1.82, 2.24) is 24.3 Å². The van der Waals surface area contributed by atoms with E-state index in [1.54, 1.807) is 23.1 Å². The van der Waals surface area contributed by atoms with Crippen LogP contribution in [0.15, 0.2) is 49.2 Å². The van der Waals surface area contributed by atoms with Gasteiger partial charge in [-0.05, 0) is 43.0 Å². The summed E-state index contributed by atoms with van der Waals surface area (Å²) in [6.07, 6.45) is -0.336. The van der Waals surface area contributed by atoms with Gasteiger partial charge in [0.1, 0.15) is 12.1 Å². The van der Waals surface area contributed by atoms with E-state index in [0.717, 1.165) is 62.2 Å². The maximum Gasteiger partial charge on any atom is 0.416 e. The molecule has 0 radical (unpaired) electrons. The topological polar surface area (TPSA) is 190 Å². The molecule has 3 aromatic heterocycles. The summed E-state index contributed by atoms with van der Waals surface area (Å²) in [4.78, 5) is 61.0. The van der Waals surface area contributed by atoms with E-state index >= 15 is 0 Å². The SMILES string of the molecule is COC(=O)[C@H]1O[C@@H](Oc2ccc(C(F)(F)F)cc2N(C)C(=O)n2ccc3c(-c4cnn([C@H](CC#N)C5CCCC5)c4)ncnc32)[C@H](OC(C)=O)[C@@H](OC(C)=O)[C@@H]1C. The van der Waals surface area contributed by atoms with E-state index in [1.807, 2.05) is 0 Å². The van der Waals surface area contributed by atoms with Gasteiger partial charge in [-0.15, -0.1) is 0 Å². The molecule has 16 nitrogen and oxygen atoms in total. The minimum absolute atomic E-state index is 0.113. The second-order valence-electron chi connectivity index (χ2n) is 13.9. The van der Waals surface area contributed by atoms with Gasteiger partial charge in [0.2, 0.25) is 12.4 Å². The molecule has 1 aliphatic carbocycles. The van der Waals surface area contributed by atoms with Crippen molar-refractivity contribution in [3.05, 3.63) is 54.7 Å². The van der Waals surface area contributed by atoms with Gasteiger partial charge in [0.25, 0.3) is 0 Å². The van der Waals surface area contributed by atoms with Gasteiger partial charge in [-0.1, -0.05) is 19.8 Å². The van der Waals surface area contributed by atoms with Gasteiger partial charge in [0, 0.05) is 50.2 Å². The van der Waals surface area contributed by atoms with Gasteiger partial charge in [-0.3, -0.25) is 23.7 Å². The van der Waals surface area contributed by atoms with Gasteiger partial charge < -0.3 is 23.7 Å². The summed E-state index contributed by atoms with van der Waals surface area (Å²) in [5.74, 6) is -3.50. The molecule has 4 aromatic rings. The Hall–Kier alpha value is -6.03. The molecule has 57 heavy (non-hydrogen) atoms. The Morgan fingerprint density at radius 2 is 1.77 bits per heavy atom. The number of methoxy groups -OCH3 is 1. The second-order valence-corrected chi connectivity index (χ2v) is 13.9. The number of esters is 3. The minimum atomic E-state index is -4.85. The van der Waals surface area contributed by atoms with E-state index < -0.39 is 71.9 Å². The highest BCUT2D eigenvalue weighted by atomic mass is 19.4. The fourth-order valence-corrected chi connectivity index (χ4v) is 7.47. The Morgan fingerprint density at radius 3 is 2.42 bits per heavy atom. The van der Waals surface area contributed by atoms with Crippen LogP contribution in [0.3, 0.4) is 0 Å². The van der Waals surface area contributed by atoms with Crippen LogP contribution in [-0.4, -0.2) is 87.0 Å². The molecule has 302 valence electrons. The van der Waals surface area contributed by atoms with Crippen molar-refractivity contribution >= 4 is 40.7 Å². The molecule has 2 aliphatic rings. The highest BCUT2D eigenvalue weighted by molar-refractivity contribution is 6.02. The van der Waals surface area contributed by atoms with Crippen molar-refractivity contribution in [2.24, 2.45) is 11.8 Å². The number of alkyl halides is 3. The number of halogens is 3. The van der Waals surface area contributed by atoms with E-state index in [-0.39, 0.29) is 17.4 Å². The largest absolute Gasteiger partial charge is 0.467 e. The molecule has 2 fully saturated rings. The molecule has 4 heterocycles. The lowest BCUT2D eigenvalue weighted by Crippen LogP contribution is -2.60. The summed E-state index contributed by atoms with van der Waals surface area (Å²) in [7, 11) is 2.31. The third-order valence-electron chi connectivity index (χ3n) is 10.2. The smallest absolute Gasteiger partial charge is 0.416 e. The summed E-state index contributed by atoms with van der Waals surface area (Å²) < 4.78 is 72.9. The van der Waals surface area contributed by atoms with E-state index in [1.165, 1.54) is 26.5 Å². The molecule has 1 aliphatic heterocycles. The second kappa shape index (κ2) is 16.6. The molecular formula is C38H40F3N7O9. The molecule has 1 saturated carbocycles. The first-order valence-electron chi connectivity index (χ1n) is 18.1. The Kier molecular flexibility index (Phi) is 11.8. The standard InChI is InChI=1S/C38H40F3N7O9/c1-20-31(54-21(2)49)33(55-22(3)50)36(57-32(20)35(51)53-5)56-29-11-10-25(38(39,40)41)16-28(29)46(4)37(52)47-15-13-26-30(43-19-44-34(26)47)24-17-45-48(18-24)27(12-14-42)23-8-6-7-9-23/h10-11,13,15-20,23,27,31-33,36H,6-9,12H2,1-5H3/t20-,27+,31-,32-,33+,36+/m0/s1. The summed E-state index contributed by atoms with van der Waals surface area (Å²) in [6.45, 7) is 3.65. The van der Waals surface area contributed by atoms with E-state index in [4.69, 9.17) is 23.7 Å². The number of aromatic nitrogens is 5. The molecule has 0 spiro atoms. The first kappa shape index (κ1) is 40.6. The third kappa shape index (κ3) is 8.40. The Morgan fingerprint density at radius 1 is 1.07 bits per heavy atom. The summed E-state index contributed by atoms with van der Waals surface area (Å²) in [6, 6.07) is 5.22. The number of ether oxygens (including phenoxy) is 5. The molecule has 0 bridgehead atoms. The number of nitriles is 1. The number of amides is 1. The highest BCUT2D eigenvalue weighted by Crippen LogP contribution is 2.41. The monoisotopic (exact) mass is 795 g/mol. The number of carbonyl (C=O) groups excluding carboxylic acids is 4. The summed E-state index contributed by atoms with van der Waals surface area (Å²) in [5, 5.41) is 14.5. The minimum Gasteiger partial charge on any atom is -0.467 e. The summed E-state index contributed by atoms with van der Waals surface area (Å²) >= 11 is 0. The fraction of sp³-hybridized carbons (Fsp3) is 0.474. The molecule has 1 saturated heterocycles. The van der Waals surface area contributed by atoms with Crippen LogP contribution in [0.2, 0.25) is 0 Å². The van der Waals surface area contributed by atoms with Crippen LogP contribution in [0.1, 0.15) is 64.5 Å². The van der Waals surface area contributed by atoms with Crippen LogP contribution in [0.5, 0.6) is 5.75 Å². The molecule has 19 heteroatoms. The quantitative estimate of drug-likeness (QED) is 0.138. The normalized spacial score (nSPS) is 21.7. The van der Waals surface area contributed by atoms with Gasteiger partial charge in [-0.2, -0.15) is 23.5 Å². The zero-order valence-electron chi connectivity index (χ0n) is 31.6. The number of anilines is 1. The van der Waals surface area contributed by atoms with Crippen LogP contribution in [0.25, 0.3) is 22.3 Å². The maximum atomic E-state index is 14.2. The van der Waals surface area contributed by atoms with Crippen LogP contribution in [0.4, 0.5) is 23.7 Å². The third-order valence-corrected chi connectivity index (χ3v) is 10.2. The van der Waals surface area contributed by atoms with Crippen molar-refractivity contribution in [3.63, 3.8) is 0 Å². The zero-order chi connectivity index (χ0) is 41.2. The van der Waals surface area contributed by atoms with Crippen LogP contribution >= 0.6 is 0 Å². The number of benzene rings is 1. The molecule has 0 N–H and O–H groups in total. The number of fused-ring (bicyclic) bond motifs is 1. The van der Waals surface area contributed by atoms with Crippen LogP contribution < -0.4 is 9.64 Å². The van der Waals surface area contributed by atoms with E-state index in [0.29, 0.717) is 41.1 Å². The van der Waals surface area contributed by atoms with Crippen LogP contribution in [0, 0.1) is 23.2 Å². The molecule has 6 atom stereocenters. The lowest BCUT2D eigenvalue weighted by molar-refractivity contribution is -0.266. The van der Waals surface area contributed by atoms with Gasteiger partial charge in [0.15, 0.2) is 17.9 Å². The number of rotatable bonds is 10. The summed E-state index contributed by atoms with van der Waals surface area (Å²) in [5.41, 5.74) is -0.348. The number of nitrogens with zero attached hydrogens (tertiary/aromatic N) is 7. The van der Waals surface area contributed by atoms with Gasteiger partial charge in [-0.25, -0.2) is 19.6 Å². The van der Waals surface area contributed by atoms with Crippen molar-refractivity contribution in [2.75, 3.05) is 19.1 Å². The number of carbonyl (C=O) groups is 4. The van der Waals surface area contributed by atoms with Gasteiger partial charge >= 0.3 is 30.1 Å². The predicted octanol–water partition coefficient (Wildman–Crippen LogP) is 5.84. The predicted molar refractivity (Wildman–Crippen MR) is 192 cm³/mol. The molecule has 1 aromatic carbocycles. The fourth-order valence-electron chi connectivity index (χ4n) is 7.47. The Labute approximate surface area is 324 Å². The lowest BCUT2D eigenvalue weighted by Gasteiger charge is -2.43.